The summed E-state index contributed by atoms with van der Waals surface area (Å²) in [4.78, 5) is 12.1. The summed E-state index contributed by atoms with van der Waals surface area (Å²) in [6.45, 7) is 1.97. The highest BCUT2D eigenvalue weighted by atomic mass is 31.0. The molecule has 0 aliphatic heterocycles. The van der Waals surface area contributed by atoms with Crippen LogP contribution >= 0.6 is 8.86 Å². The van der Waals surface area contributed by atoms with Crippen molar-refractivity contribution in [3.05, 3.63) is 83.7 Å². The van der Waals surface area contributed by atoms with E-state index in [1.54, 1.807) is 18.3 Å². The van der Waals surface area contributed by atoms with Gasteiger partial charge >= 0.3 is 6.36 Å². The molecular weight excluding hydrogens is 585 g/mol. The van der Waals surface area contributed by atoms with Crippen molar-refractivity contribution in [3.8, 4) is 11.5 Å². The molecule has 0 radical (unpaired) electrons. The number of methoxy groups -OCH3 is 1. The molecule has 43 heavy (non-hydrogen) atoms. The first kappa shape index (κ1) is 31.2. The van der Waals surface area contributed by atoms with E-state index in [2.05, 4.69) is 39.2 Å². The Morgan fingerprint density at radius 1 is 1.09 bits per heavy atom. The predicted octanol–water partition coefficient (Wildman–Crippen LogP) is 6.74. The maximum Gasteiger partial charge on any atom is 0.573 e. The number of benzene rings is 2. The van der Waals surface area contributed by atoms with Crippen molar-refractivity contribution in [2.24, 2.45) is 0 Å². The zero-order chi connectivity index (χ0) is 31.1. The summed E-state index contributed by atoms with van der Waals surface area (Å²) in [5, 5.41) is 15.0. The minimum absolute atomic E-state index is 0.112. The molecule has 0 unspecified atom stereocenters. The lowest BCUT2D eigenvalue weighted by molar-refractivity contribution is -0.275. The van der Waals surface area contributed by atoms with E-state index in [4.69, 9.17) is 15.9 Å². The highest BCUT2D eigenvalue weighted by molar-refractivity contribution is 7.26. The molecule has 0 aliphatic carbocycles. The number of hydrogen-bond donors (Lipinski definition) is 4. The van der Waals surface area contributed by atoms with E-state index in [0.29, 0.717) is 39.7 Å². The van der Waals surface area contributed by atoms with Crippen LogP contribution in [0.3, 0.4) is 0 Å². The van der Waals surface area contributed by atoms with Gasteiger partial charge in [-0.25, -0.2) is 14.4 Å². The van der Waals surface area contributed by atoms with Crippen LogP contribution in [0.5, 0.6) is 11.5 Å². The molecule has 2 aromatic carbocycles. The number of alkyl halides is 3. The second kappa shape index (κ2) is 13.5. The van der Waals surface area contributed by atoms with Crippen LogP contribution < -0.4 is 25.8 Å². The quantitative estimate of drug-likeness (QED) is 0.0785. The molecule has 224 valence electrons. The summed E-state index contributed by atoms with van der Waals surface area (Å²) in [6, 6.07) is 8.74. The Kier molecular flexibility index (Phi) is 9.77. The van der Waals surface area contributed by atoms with Crippen molar-refractivity contribution in [2.45, 2.75) is 32.5 Å². The fourth-order valence-electron chi connectivity index (χ4n) is 4.20. The van der Waals surface area contributed by atoms with Crippen molar-refractivity contribution >= 4 is 48.2 Å². The largest absolute Gasteiger partial charge is 0.573 e. The average molecular weight is 614 g/mol. The van der Waals surface area contributed by atoms with Crippen LogP contribution in [-0.4, -0.2) is 39.6 Å². The third-order valence-electron chi connectivity index (χ3n) is 6.21. The molecule has 0 saturated heterocycles. The molecule has 0 saturated carbocycles. The van der Waals surface area contributed by atoms with Gasteiger partial charge in [0.2, 0.25) is 5.95 Å². The lowest BCUT2D eigenvalue weighted by atomic mass is 10.0. The smallest absolute Gasteiger partial charge is 0.493 e. The molecule has 0 atom stereocenters. The van der Waals surface area contributed by atoms with Gasteiger partial charge in [0, 0.05) is 23.8 Å². The Labute approximate surface area is 246 Å². The van der Waals surface area contributed by atoms with Crippen molar-refractivity contribution in [1.82, 2.24) is 15.0 Å². The molecule has 2 heterocycles. The van der Waals surface area contributed by atoms with Crippen molar-refractivity contribution in [2.75, 3.05) is 23.5 Å². The first-order valence-corrected chi connectivity index (χ1v) is 13.4. The van der Waals surface area contributed by atoms with E-state index in [1.165, 1.54) is 50.0 Å². The molecule has 14 heteroatoms. The summed E-state index contributed by atoms with van der Waals surface area (Å²) < 4.78 is 63.3. The Balaban J connectivity index is 1.51. The minimum Gasteiger partial charge on any atom is -0.493 e. The van der Waals surface area contributed by atoms with Gasteiger partial charge in [-0.3, -0.25) is 10.4 Å². The number of nitrogen functional groups attached to an aromatic ring is 1. The van der Waals surface area contributed by atoms with Gasteiger partial charge in [0.25, 0.3) is 0 Å². The number of rotatable bonds is 12. The summed E-state index contributed by atoms with van der Waals surface area (Å²) in [5.41, 5.74) is 8.80. The molecule has 4 rings (SSSR count). The molecule has 9 nitrogen and oxygen atoms in total. The Bertz CT molecular complexity index is 1680. The molecular formula is C29H28F4N7O2P. The maximum absolute atomic E-state index is 15.2. The van der Waals surface area contributed by atoms with Crippen LogP contribution in [0.2, 0.25) is 0 Å². The number of nitrogens with one attached hydrogen (secondary N) is 3. The van der Waals surface area contributed by atoms with E-state index < -0.39 is 17.9 Å². The van der Waals surface area contributed by atoms with Crippen molar-refractivity contribution in [1.29, 1.82) is 5.41 Å². The number of nitrogens with zero attached hydrogens (tertiary/aromatic N) is 3. The standard InChI is InChI=1S/C29H28F4N7O2P/c1-3-4-18(13-37-19-14-38-28(35)39-15-19)26(34)27(43)40-22-6-5-16(10-21(22)30)9-17-7-8-36-23-12-24(41-2)25(11-20(17)23)42-29(31,32)33/h5-8,10-15,34,37,40,43H,3-4,9H2,1-2H3,(H2,35,38,39)/b18-13-,34-26?. The fraction of sp³-hybridized carbons (Fsp3) is 0.207. The van der Waals surface area contributed by atoms with E-state index in [1.807, 2.05) is 6.92 Å². The first-order valence-electron chi connectivity index (χ1n) is 12.9. The number of hydrogen-bond acceptors (Lipinski definition) is 8. The maximum atomic E-state index is 15.2. The van der Waals surface area contributed by atoms with Gasteiger partial charge in [0.05, 0.1) is 47.5 Å². The van der Waals surface area contributed by atoms with E-state index in [-0.39, 0.29) is 34.9 Å². The SMILES string of the molecule is CCC/C(=C/Nc1cnc(N)nc1)C(=N)C(=P)Nc1ccc(Cc2ccnc3cc(OC)c(OC(F)(F)F)cc23)cc1F. The Morgan fingerprint density at radius 2 is 1.84 bits per heavy atom. The number of nitrogens with two attached hydrogens (primary N) is 1. The molecule has 4 aromatic rings. The topological polar surface area (TPSA) is 131 Å². The molecule has 2 aromatic heterocycles. The third-order valence-corrected chi connectivity index (χ3v) is 6.58. The molecule has 0 amide bonds. The summed E-state index contributed by atoms with van der Waals surface area (Å²) in [7, 11) is 4.65. The monoisotopic (exact) mass is 613 g/mol. The van der Waals surface area contributed by atoms with E-state index in [9.17, 15) is 13.2 Å². The normalized spacial score (nSPS) is 11.7. The number of ether oxygens (including phenoxy) is 2. The summed E-state index contributed by atoms with van der Waals surface area (Å²) in [5.74, 6) is -1.06. The van der Waals surface area contributed by atoms with Crippen LogP contribution in [0.15, 0.2) is 66.8 Å². The molecule has 0 fully saturated rings. The zero-order valence-corrected chi connectivity index (χ0v) is 24.1. The van der Waals surface area contributed by atoms with Gasteiger partial charge in [0.15, 0.2) is 11.5 Å². The van der Waals surface area contributed by atoms with E-state index >= 15 is 4.39 Å². The first-order chi connectivity index (χ1) is 20.5. The van der Waals surface area contributed by atoms with Crippen molar-refractivity contribution < 1.29 is 27.0 Å². The molecule has 0 spiro atoms. The van der Waals surface area contributed by atoms with Crippen molar-refractivity contribution in [3.63, 3.8) is 0 Å². The fourth-order valence-corrected chi connectivity index (χ4v) is 4.49. The third kappa shape index (κ3) is 8.16. The Morgan fingerprint density at radius 3 is 2.49 bits per heavy atom. The summed E-state index contributed by atoms with van der Waals surface area (Å²) in [6.07, 6.45) is 2.83. The van der Waals surface area contributed by atoms with Gasteiger partial charge in [-0.15, -0.1) is 13.2 Å². The number of pyridine rings is 1. The number of fused-ring (bicyclic) bond motifs is 1. The zero-order valence-electron chi connectivity index (χ0n) is 23.1. The average Bonchev–Trinajstić information content (AvgIpc) is 2.96. The van der Waals surface area contributed by atoms with Gasteiger partial charge in [-0.1, -0.05) is 28.3 Å². The van der Waals surface area contributed by atoms with Crippen LogP contribution in [0.4, 0.5) is 34.9 Å². The van der Waals surface area contributed by atoms with Crippen LogP contribution in [0, 0.1) is 11.2 Å². The van der Waals surface area contributed by atoms with Gasteiger partial charge in [0.1, 0.15) is 5.82 Å². The number of aromatic nitrogens is 3. The van der Waals surface area contributed by atoms with Gasteiger partial charge in [-0.2, -0.15) is 0 Å². The van der Waals surface area contributed by atoms with E-state index in [0.717, 1.165) is 6.42 Å². The second-order valence-electron chi connectivity index (χ2n) is 9.30. The molecule has 0 bridgehead atoms. The lowest BCUT2D eigenvalue weighted by Gasteiger charge is -2.16. The summed E-state index contributed by atoms with van der Waals surface area (Å²) >= 11 is 0. The van der Waals surface area contributed by atoms with Crippen LogP contribution in [-0.2, 0) is 6.42 Å². The van der Waals surface area contributed by atoms with Gasteiger partial charge in [-0.05, 0) is 53.8 Å². The number of halogens is 4. The van der Waals surface area contributed by atoms with Crippen LogP contribution in [0.25, 0.3) is 10.9 Å². The molecule has 5 N–H and O–H groups in total. The highest BCUT2D eigenvalue weighted by Gasteiger charge is 2.33. The lowest BCUT2D eigenvalue weighted by Crippen LogP contribution is -2.22. The Hall–Kier alpha value is -4.77. The molecule has 0 aliphatic rings. The predicted molar refractivity (Wildman–Crippen MR) is 162 cm³/mol. The second-order valence-corrected chi connectivity index (χ2v) is 9.80. The highest BCUT2D eigenvalue weighted by Crippen LogP contribution is 2.37. The minimum atomic E-state index is -4.91. The van der Waals surface area contributed by atoms with Gasteiger partial charge < -0.3 is 25.8 Å². The number of anilines is 3. The van der Waals surface area contributed by atoms with Crippen LogP contribution in [0.1, 0.15) is 30.9 Å².